The quantitative estimate of drug-likeness (QED) is 0.802. The van der Waals surface area contributed by atoms with Crippen molar-refractivity contribution in [1.29, 1.82) is 0 Å². The number of nitrogens with zero attached hydrogens (tertiary/aromatic N) is 1. The van der Waals surface area contributed by atoms with E-state index in [-0.39, 0.29) is 0 Å². The normalized spacial score (nSPS) is 19.8. The second-order valence-corrected chi connectivity index (χ2v) is 4.90. The Labute approximate surface area is 83.2 Å². The Balaban J connectivity index is 1.74. The molecular formula is C10H16N2S. The zero-order valence-electron chi connectivity index (χ0n) is 7.78. The molecule has 72 valence electrons. The third-order valence-electron chi connectivity index (χ3n) is 2.78. The van der Waals surface area contributed by atoms with E-state index < -0.39 is 0 Å². The van der Waals surface area contributed by atoms with E-state index in [1.165, 1.54) is 30.7 Å². The van der Waals surface area contributed by atoms with E-state index in [9.17, 15) is 0 Å². The lowest BCUT2D eigenvalue weighted by molar-refractivity contribution is 0.275. The van der Waals surface area contributed by atoms with Gasteiger partial charge in [0.05, 0.1) is 5.01 Å². The molecule has 0 saturated heterocycles. The zero-order chi connectivity index (χ0) is 9.10. The van der Waals surface area contributed by atoms with Crippen LogP contribution in [0, 0.1) is 5.92 Å². The fourth-order valence-electron chi connectivity index (χ4n) is 1.82. The molecule has 1 atom stereocenters. The van der Waals surface area contributed by atoms with Crippen LogP contribution in [0.1, 0.15) is 30.7 Å². The van der Waals surface area contributed by atoms with E-state index in [1.54, 1.807) is 11.3 Å². The van der Waals surface area contributed by atoms with Crippen molar-refractivity contribution >= 4 is 11.3 Å². The summed E-state index contributed by atoms with van der Waals surface area (Å²) in [6, 6.07) is 0.330. The van der Waals surface area contributed by atoms with Crippen LogP contribution in [-0.4, -0.2) is 11.0 Å². The van der Waals surface area contributed by atoms with Crippen LogP contribution in [0.4, 0.5) is 0 Å². The molecule has 2 N–H and O–H groups in total. The van der Waals surface area contributed by atoms with Gasteiger partial charge in [0.1, 0.15) is 0 Å². The molecule has 1 heterocycles. The molecule has 1 unspecified atom stereocenters. The van der Waals surface area contributed by atoms with E-state index in [2.05, 4.69) is 4.98 Å². The van der Waals surface area contributed by atoms with Gasteiger partial charge in [-0.3, -0.25) is 0 Å². The number of rotatable bonds is 4. The van der Waals surface area contributed by atoms with Gasteiger partial charge in [0.2, 0.25) is 0 Å². The zero-order valence-corrected chi connectivity index (χ0v) is 8.59. The van der Waals surface area contributed by atoms with Crippen molar-refractivity contribution < 1.29 is 0 Å². The molecule has 0 aromatic carbocycles. The fraction of sp³-hybridized carbons (Fsp3) is 0.700. The van der Waals surface area contributed by atoms with Gasteiger partial charge in [-0.05, 0) is 12.3 Å². The van der Waals surface area contributed by atoms with Crippen molar-refractivity contribution in [2.24, 2.45) is 11.7 Å². The Morgan fingerprint density at radius 3 is 3.00 bits per heavy atom. The van der Waals surface area contributed by atoms with Gasteiger partial charge in [-0.25, -0.2) is 4.98 Å². The first-order chi connectivity index (χ1) is 6.34. The highest BCUT2D eigenvalue weighted by Crippen LogP contribution is 2.30. The van der Waals surface area contributed by atoms with Crippen molar-refractivity contribution in [3.05, 3.63) is 16.6 Å². The van der Waals surface area contributed by atoms with Crippen LogP contribution in [0.25, 0.3) is 0 Å². The Morgan fingerprint density at radius 2 is 2.46 bits per heavy atom. The first-order valence-electron chi connectivity index (χ1n) is 4.98. The number of hydrogen-bond acceptors (Lipinski definition) is 3. The van der Waals surface area contributed by atoms with Gasteiger partial charge in [-0.1, -0.05) is 19.3 Å². The van der Waals surface area contributed by atoms with E-state index in [0.717, 1.165) is 12.3 Å². The molecule has 1 saturated carbocycles. The average molecular weight is 196 g/mol. The van der Waals surface area contributed by atoms with Gasteiger partial charge in [0.15, 0.2) is 0 Å². The lowest BCUT2D eigenvalue weighted by Gasteiger charge is -2.27. The van der Waals surface area contributed by atoms with Gasteiger partial charge in [0, 0.05) is 24.0 Å². The topological polar surface area (TPSA) is 38.9 Å². The molecular weight excluding hydrogens is 180 g/mol. The second kappa shape index (κ2) is 4.20. The van der Waals surface area contributed by atoms with Crippen LogP contribution in [0.15, 0.2) is 11.6 Å². The van der Waals surface area contributed by atoms with E-state index in [0.29, 0.717) is 6.04 Å². The van der Waals surface area contributed by atoms with Crippen LogP contribution >= 0.6 is 11.3 Å². The van der Waals surface area contributed by atoms with Gasteiger partial charge in [-0.2, -0.15) is 0 Å². The first kappa shape index (κ1) is 9.16. The Bertz CT molecular complexity index is 241. The summed E-state index contributed by atoms with van der Waals surface area (Å²) < 4.78 is 0. The van der Waals surface area contributed by atoms with Crippen LogP contribution in [0.2, 0.25) is 0 Å². The molecule has 0 bridgehead atoms. The van der Waals surface area contributed by atoms with E-state index >= 15 is 0 Å². The minimum absolute atomic E-state index is 0.330. The van der Waals surface area contributed by atoms with E-state index in [1.807, 2.05) is 11.6 Å². The summed E-state index contributed by atoms with van der Waals surface area (Å²) in [7, 11) is 0. The number of thiazole rings is 1. The maximum Gasteiger partial charge on any atom is 0.0940 e. The number of hydrogen-bond donors (Lipinski definition) is 1. The second-order valence-electron chi connectivity index (χ2n) is 3.92. The van der Waals surface area contributed by atoms with Crippen molar-refractivity contribution in [2.45, 2.75) is 38.1 Å². The maximum atomic E-state index is 6.04. The third-order valence-corrected chi connectivity index (χ3v) is 3.58. The average Bonchev–Trinajstić information content (AvgIpc) is 2.49. The van der Waals surface area contributed by atoms with Crippen LogP contribution in [-0.2, 0) is 6.42 Å². The molecule has 0 amide bonds. The summed E-state index contributed by atoms with van der Waals surface area (Å²) in [5, 5.41) is 3.21. The summed E-state index contributed by atoms with van der Waals surface area (Å²) in [4.78, 5) is 4.25. The molecule has 13 heavy (non-hydrogen) atoms. The van der Waals surface area contributed by atoms with Gasteiger partial charge < -0.3 is 5.73 Å². The highest BCUT2D eigenvalue weighted by atomic mass is 32.1. The molecule has 1 fully saturated rings. The smallest absolute Gasteiger partial charge is 0.0940 e. The molecule has 1 aliphatic carbocycles. The highest BCUT2D eigenvalue weighted by Gasteiger charge is 2.20. The minimum Gasteiger partial charge on any atom is -0.327 e. The van der Waals surface area contributed by atoms with Crippen LogP contribution in [0.5, 0.6) is 0 Å². The predicted octanol–water partition coefficient (Wildman–Crippen LogP) is 2.20. The molecule has 0 spiro atoms. The summed E-state index contributed by atoms with van der Waals surface area (Å²) >= 11 is 1.71. The monoisotopic (exact) mass is 196 g/mol. The molecule has 2 rings (SSSR count). The van der Waals surface area contributed by atoms with Crippen LogP contribution < -0.4 is 5.73 Å². The Kier molecular flexibility index (Phi) is 2.96. The standard InChI is InChI=1S/C10H16N2S/c11-9(6-8-2-1-3-8)7-10-12-4-5-13-10/h4-5,8-9H,1-3,6-7,11H2. The van der Waals surface area contributed by atoms with Gasteiger partial charge >= 0.3 is 0 Å². The number of nitrogens with two attached hydrogens (primary N) is 1. The van der Waals surface area contributed by atoms with Crippen molar-refractivity contribution in [3.8, 4) is 0 Å². The van der Waals surface area contributed by atoms with Gasteiger partial charge in [0.25, 0.3) is 0 Å². The molecule has 3 heteroatoms. The lowest BCUT2D eigenvalue weighted by Crippen LogP contribution is -2.28. The largest absolute Gasteiger partial charge is 0.327 e. The summed E-state index contributed by atoms with van der Waals surface area (Å²) in [5.41, 5.74) is 6.04. The summed E-state index contributed by atoms with van der Waals surface area (Å²) in [6.07, 6.45) is 8.22. The first-order valence-corrected chi connectivity index (χ1v) is 5.86. The Hall–Kier alpha value is -0.410. The minimum atomic E-state index is 0.330. The lowest BCUT2D eigenvalue weighted by atomic mass is 9.80. The molecule has 1 aliphatic rings. The van der Waals surface area contributed by atoms with Crippen LogP contribution in [0.3, 0.4) is 0 Å². The molecule has 2 nitrogen and oxygen atoms in total. The summed E-state index contributed by atoms with van der Waals surface area (Å²) in [5.74, 6) is 0.912. The fourth-order valence-corrected chi connectivity index (χ4v) is 2.53. The van der Waals surface area contributed by atoms with Gasteiger partial charge in [-0.15, -0.1) is 11.3 Å². The predicted molar refractivity (Wildman–Crippen MR) is 55.8 cm³/mol. The number of aromatic nitrogens is 1. The van der Waals surface area contributed by atoms with Crippen molar-refractivity contribution in [3.63, 3.8) is 0 Å². The SMILES string of the molecule is NC(Cc1nccs1)CC1CCC1. The van der Waals surface area contributed by atoms with E-state index in [4.69, 9.17) is 5.73 Å². The molecule has 0 radical (unpaired) electrons. The molecule has 1 aromatic heterocycles. The highest BCUT2D eigenvalue weighted by molar-refractivity contribution is 7.09. The van der Waals surface area contributed by atoms with Crippen molar-refractivity contribution in [2.75, 3.05) is 0 Å². The van der Waals surface area contributed by atoms with Crippen molar-refractivity contribution in [1.82, 2.24) is 4.98 Å². The third kappa shape index (κ3) is 2.51. The Morgan fingerprint density at radius 1 is 1.62 bits per heavy atom. The maximum absolute atomic E-state index is 6.04. The summed E-state index contributed by atoms with van der Waals surface area (Å²) in [6.45, 7) is 0. The molecule has 0 aliphatic heterocycles. The molecule has 1 aromatic rings.